The van der Waals surface area contributed by atoms with Crippen LogP contribution >= 0.6 is 23.2 Å². The number of ether oxygens (including phenoxy) is 2. The van der Waals surface area contributed by atoms with Gasteiger partial charge in [-0.15, -0.1) is 0 Å². The molecule has 0 unspecified atom stereocenters. The Morgan fingerprint density at radius 3 is 2.11 bits per heavy atom. The summed E-state index contributed by atoms with van der Waals surface area (Å²) in [6.07, 6.45) is 0. The molecule has 0 aliphatic rings. The van der Waals surface area contributed by atoms with E-state index in [2.05, 4.69) is 4.90 Å². The standard InChI is InChI=1S/C13H19Cl2NO2/c1-17-7-5-16(6-8-18-2)10-11-3-4-12(14)13(15)9-11/h3-4,9H,5-8,10H2,1-2H3. The van der Waals surface area contributed by atoms with Crippen molar-refractivity contribution >= 4 is 23.2 Å². The number of hydrogen-bond donors (Lipinski definition) is 0. The SMILES string of the molecule is COCCN(CCOC)Cc1ccc(Cl)c(Cl)c1. The van der Waals surface area contributed by atoms with Crippen molar-refractivity contribution in [2.45, 2.75) is 6.54 Å². The molecule has 5 heteroatoms. The highest BCUT2D eigenvalue weighted by Crippen LogP contribution is 2.23. The van der Waals surface area contributed by atoms with E-state index in [1.807, 2.05) is 18.2 Å². The summed E-state index contributed by atoms with van der Waals surface area (Å²) < 4.78 is 10.2. The van der Waals surface area contributed by atoms with Crippen molar-refractivity contribution < 1.29 is 9.47 Å². The average molecular weight is 292 g/mol. The predicted octanol–water partition coefficient (Wildman–Crippen LogP) is 3.09. The van der Waals surface area contributed by atoms with E-state index in [0.29, 0.717) is 23.3 Å². The minimum absolute atomic E-state index is 0.584. The highest BCUT2D eigenvalue weighted by atomic mass is 35.5. The van der Waals surface area contributed by atoms with E-state index in [0.717, 1.165) is 25.2 Å². The first kappa shape index (κ1) is 15.7. The molecule has 0 bridgehead atoms. The van der Waals surface area contributed by atoms with Gasteiger partial charge >= 0.3 is 0 Å². The van der Waals surface area contributed by atoms with Crippen molar-refractivity contribution in [3.63, 3.8) is 0 Å². The van der Waals surface area contributed by atoms with Crippen LogP contribution in [0.25, 0.3) is 0 Å². The first-order chi connectivity index (χ1) is 8.67. The Kier molecular flexibility index (Phi) is 7.63. The highest BCUT2D eigenvalue weighted by molar-refractivity contribution is 6.42. The average Bonchev–Trinajstić information content (AvgIpc) is 2.37. The van der Waals surface area contributed by atoms with Crippen molar-refractivity contribution in [3.8, 4) is 0 Å². The van der Waals surface area contributed by atoms with Gasteiger partial charge in [-0.3, -0.25) is 4.90 Å². The minimum Gasteiger partial charge on any atom is -0.383 e. The molecule has 1 aromatic rings. The van der Waals surface area contributed by atoms with E-state index in [4.69, 9.17) is 32.7 Å². The third-order valence-corrected chi connectivity index (χ3v) is 3.35. The fourth-order valence-electron chi connectivity index (χ4n) is 1.61. The molecule has 0 heterocycles. The minimum atomic E-state index is 0.584. The molecule has 0 amide bonds. The second-order valence-electron chi connectivity index (χ2n) is 4.01. The molecule has 0 N–H and O–H groups in total. The second-order valence-corrected chi connectivity index (χ2v) is 4.82. The van der Waals surface area contributed by atoms with E-state index in [1.165, 1.54) is 0 Å². The lowest BCUT2D eigenvalue weighted by molar-refractivity contribution is 0.110. The van der Waals surface area contributed by atoms with Gasteiger partial charge in [0.15, 0.2) is 0 Å². The second kappa shape index (κ2) is 8.73. The molecule has 18 heavy (non-hydrogen) atoms. The van der Waals surface area contributed by atoms with Gasteiger partial charge in [-0.2, -0.15) is 0 Å². The number of benzene rings is 1. The number of nitrogens with zero attached hydrogens (tertiary/aromatic N) is 1. The first-order valence-corrected chi connectivity index (χ1v) is 6.57. The summed E-state index contributed by atoms with van der Waals surface area (Å²) in [5.74, 6) is 0. The maximum Gasteiger partial charge on any atom is 0.0595 e. The van der Waals surface area contributed by atoms with Gasteiger partial charge in [-0.25, -0.2) is 0 Å². The monoisotopic (exact) mass is 291 g/mol. The predicted molar refractivity (Wildman–Crippen MR) is 75.5 cm³/mol. The van der Waals surface area contributed by atoms with Crippen molar-refractivity contribution in [2.75, 3.05) is 40.5 Å². The lowest BCUT2D eigenvalue weighted by atomic mass is 10.2. The quantitative estimate of drug-likeness (QED) is 0.735. The molecule has 0 aromatic heterocycles. The molecule has 0 saturated carbocycles. The van der Waals surface area contributed by atoms with Crippen molar-refractivity contribution in [1.29, 1.82) is 0 Å². The highest BCUT2D eigenvalue weighted by Gasteiger charge is 2.07. The summed E-state index contributed by atoms with van der Waals surface area (Å²) in [6, 6.07) is 5.71. The zero-order valence-corrected chi connectivity index (χ0v) is 12.3. The third kappa shape index (κ3) is 5.55. The number of methoxy groups -OCH3 is 2. The molecule has 102 valence electrons. The van der Waals surface area contributed by atoms with Gasteiger partial charge in [0.1, 0.15) is 0 Å². The van der Waals surface area contributed by atoms with Crippen molar-refractivity contribution in [3.05, 3.63) is 33.8 Å². The van der Waals surface area contributed by atoms with Gasteiger partial charge in [-0.1, -0.05) is 29.3 Å². The zero-order chi connectivity index (χ0) is 13.4. The Hall–Kier alpha value is -0.320. The van der Waals surface area contributed by atoms with Crippen LogP contribution in [0.1, 0.15) is 5.56 Å². The number of halogens is 2. The topological polar surface area (TPSA) is 21.7 Å². The van der Waals surface area contributed by atoms with Crippen LogP contribution in [0.4, 0.5) is 0 Å². The Morgan fingerprint density at radius 1 is 1.00 bits per heavy atom. The van der Waals surface area contributed by atoms with E-state index < -0.39 is 0 Å². The van der Waals surface area contributed by atoms with Gasteiger partial charge in [-0.05, 0) is 17.7 Å². The molecule has 0 atom stereocenters. The van der Waals surface area contributed by atoms with Gasteiger partial charge in [0.2, 0.25) is 0 Å². The molecule has 0 spiro atoms. The van der Waals surface area contributed by atoms with Crippen LogP contribution in [0.3, 0.4) is 0 Å². The van der Waals surface area contributed by atoms with Crippen molar-refractivity contribution in [2.24, 2.45) is 0 Å². The van der Waals surface area contributed by atoms with E-state index in [9.17, 15) is 0 Å². The Balaban J connectivity index is 2.59. The lowest BCUT2D eigenvalue weighted by Crippen LogP contribution is -2.30. The zero-order valence-electron chi connectivity index (χ0n) is 10.8. The van der Waals surface area contributed by atoms with Crippen LogP contribution < -0.4 is 0 Å². The number of rotatable bonds is 8. The lowest BCUT2D eigenvalue weighted by Gasteiger charge is -2.21. The molecule has 1 aromatic carbocycles. The van der Waals surface area contributed by atoms with E-state index >= 15 is 0 Å². The van der Waals surface area contributed by atoms with Crippen LogP contribution in [0, 0.1) is 0 Å². The molecule has 0 saturated heterocycles. The fraction of sp³-hybridized carbons (Fsp3) is 0.538. The van der Waals surface area contributed by atoms with Gasteiger partial charge in [0, 0.05) is 33.9 Å². The summed E-state index contributed by atoms with van der Waals surface area (Å²) in [4.78, 5) is 2.26. The van der Waals surface area contributed by atoms with Crippen molar-refractivity contribution in [1.82, 2.24) is 4.90 Å². The number of hydrogen-bond acceptors (Lipinski definition) is 3. The van der Waals surface area contributed by atoms with Crippen LogP contribution in [-0.2, 0) is 16.0 Å². The van der Waals surface area contributed by atoms with Crippen LogP contribution in [0.15, 0.2) is 18.2 Å². The molecular formula is C13H19Cl2NO2. The molecule has 0 aliphatic heterocycles. The fourth-order valence-corrected chi connectivity index (χ4v) is 1.93. The maximum absolute atomic E-state index is 6.01. The Morgan fingerprint density at radius 2 is 1.61 bits per heavy atom. The van der Waals surface area contributed by atoms with Gasteiger partial charge < -0.3 is 9.47 Å². The first-order valence-electron chi connectivity index (χ1n) is 5.81. The third-order valence-electron chi connectivity index (χ3n) is 2.61. The summed E-state index contributed by atoms with van der Waals surface area (Å²) >= 11 is 11.9. The summed E-state index contributed by atoms with van der Waals surface area (Å²) in [5.41, 5.74) is 1.14. The molecule has 0 aliphatic carbocycles. The van der Waals surface area contributed by atoms with Crippen LogP contribution in [0.2, 0.25) is 10.0 Å². The van der Waals surface area contributed by atoms with E-state index in [1.54, 1.807) is 14.2 Å². The summed E-state index contributed by atoms with van der Waals surface area (Å²) in [6.45, 7) is 3.93. The van der Waals surface area contributed by atoms with Gasteiger partial charge in [0.25, 0.3) is 0 Å². The molecule has 3 nitrogen and oxygen atoms in total. The van der Waals surface area contributed by atoms with Gasteiger partial charge in [0.05, 0.1) is 23.3 Å². The molecule has 0 radical (unpaired) electrons. The molecular weight excluding hydrogens is 273 g/mol. The molecule has 0 fully saturated rings. The summed E-state index contributed by atoms with van der Waals surface area (Å²) in [5, 5.41) is 1.17. The van der Waals surface area contributed by atoms with Crippen LogP contribution in [-0.4, -0.2) is 45.4 Å². The summed E-state index contributed by atoms with van der Waals surface area (Å²) in [7, 11) is 3.40. The smallest absolute Gasteiger partial charge is 0.0595 e. The normalized spacial score (nSPS) is 11.2. The maximum atomic E-state index is 6.01. The van der Waals surface area contributed by atoms with E-state index in [-0.39, 0.29) is 0 Å². The Bertz CT molecular complexity index is 353. The Labute approximate surface area is 119 Å². The largest absolute Gasteiger partial charge is 0.383 e. The molecule has 1 rings (SSSR count). The van der Waals surface area contributed by atoms with Crippen LogP contribution in [0.5, 0.6) is 0 Å².